The molecule has 0 atom stereocenters. The molecule has 0 spiro atoms. The van der Waals surface area contributed by atoms with Gasteiger partial charge in [0, 0.05) is 32.7 Å². The lowest BCUT2D eigenvalue weighted by Gasteiger charge is -2.02. The van der Waals surface area contributed by atoms with Gasteiger partial charge in [0.05, 0.1) is 7.06 Å². The number of fused-ring (bicyclic) bond motifs is 3. The number of aryl methyl sites for hydroxylation is 1. The van der Waals surface area contributed by atoms with Crippen molar-refractivity contribution >= 4 is 21.9 Å². The minimum atomic E-state index is -2.24. The molecule has 2 nitrogen and oxygen atoms in total. The standard InChI is InChI=1S/C18H12FNO/c1-11-7-8-20-16(9-11)15-4-2-3-14-13-6-5-12(19)10-17(13)21-18(14)15/h2-10H,1H3/i1D3,10D. The van der Waals surface area contributed by atoms with Crippen molar-refractivity contribution in [2.75, 3.05) is 0 Å². The topological polar surface area (TPSA) is 26.0 Å². The second kappa shape index (κ2) is 4.42. The van der Waals surface area contributed by atoms with E-state index in [2.05, 4.69) is 4.98 Å². The van der Waals surface area contributed by atoms with Gasteiger partial charge < -0.3 is 4.42 Å². The smallest absolute Gasteiger partial charge is 0.144 e. The van der Waals surface area contributed by atoms with Crippen LogP contribution in [-0.2, 0) is 0 Å². The highest BCUT2D eigenvalue weighted by Crippen LogP contribution is 2.35. The summed E-state index contributed by atoms with van der Waals surface area (Å²) >= 11 is 0. The molecule has 0 saturated carbocycles. The molecule has 2 heterocycles. The summed E-state index contributed by atoms with van der Waals surface area (Å²) in [7, 11) is 0. The Kier molecular flexibility index (Phi) is 1.80. The molecular weight excluding hydrogens is 265 g/mol. The Morgan fingerprint density at radius 3 is 3.05 bits per heavy atom. The summed E-state index contributed by atoms with van der Waals surface area (Å²) in [5.74, 6) is -0.657. The highest BCUT2D eigenvalue weighted by molar-refractivity contribution is 6.09. The van der Waals surface area contributed by atoms with Gasteiger partial charge in [-0.05, 0) is 42.7 Å². The van der Waals surface area contributed by atoms with Crippen molar-refractivity contribution < 1.29 is 14.3 Å². The van der Waals surface area contributed by atoms with Crippen LogP contribution in [0.3, 0.4) is 0 Å². The van der Waals surface area contributed by atoms with Crippen molar-refractivity contribution in [1.29, 1.82) is 0 Å². The predicted molar refractivity (Wildman–Crippen MR) is 81.6 cm³/mol. The fourth-order valence-electron chi connectivity index (χ4n) is 2.48. The van der Waals surface area contributed by atoms with Crippen molar-refractivity contribution in [2.24, 2.45) is 0 Å². The van der Waals surface area contributed by atoms with Crippen molar-refractivity contribution in [1.82, 2.24) is 4.98 Å². The van der Waals surface area contributed by atoms with Crippen LogP contribution in [0.5, 0.6) is 0 Å². The molecule has 102 valence electrons. The molecule has 0 fully saturated rings. The molecule has 0 aliphatic carbocycles. The van der Waals surface area contributed by atoms with Gasteiger partial charge in [-0.15, -0.1) is 0 Å². The largest absolute Gasteiger partial charge is 0.455 e. The first-order valence-corrected chi connectivity index (χ1v) is 6.43. The predicted octanol–water partition coefficient (Wildman–Crippen LogP) is 5.10. The third-order valence-electron chi connectivity index (χ3n) is 3.42. The van der Waals surface area contributed by atoms with E-state index < -0.39 is 12.7 Å². The van der Waals surface area contributed by atoms with Crippen molar-refractivity contribution in [3.8, 4) is 11.3 Å². The fraction of sp³-hybridized carbons (Fsp3) is 0.0556. The first-order chi connectivity index (χ1) is 11.9. The van der Waals surface area contributed by atoms with Gasteiger partial charge in [-0.25, -0.2) is 4.39 Å². The first kappa shape index (κ1) is 8.57. The van der Waals surface area contributed by atoms with Crippen LogP contribution >= 0.6 is 0 Å². The summed E-state index contributed by atoms with van der Waals surface area (Å²) in [6.45, 7) is -2.24. The Morgan fingerprint density at radius 2 is 2.14 bits per heavy atom. The number of nitrogens with zero attached hydrogens (tertiary/aromatic N) is 1. The van der Waals surface area contributed by atoms with E-state index in [9.17, 15) is 4.39 Å². The molecule has 0 amide bonds. The van der Waals surface area contributed by atoms with Crippen LogP contribution in [0.4, 0.5) is 4.39 Å². The van der Waals surface area contributed by atoms with Crippen LogP contribution in [0, 0.1) is 12.7 Å². The van der Waals surface area contributed by atoms with Crippen LogP contribution in [0.2, 0.25) is 0 Å². The number of hydrogen-bond donors (Lipinski definition) is 0. The summed E-state index contributed by atoms with van der Waals surface area (Å²) in [5, 5.41) is 1.36. The van der Waals surface area contributed by atoms with Crippen molar-refractivity contribution in [2.45, 2.75) is 6.85 Å². The summed E-state index contributed by atoms with van der Waals surface area (Å²) in [5.41, 5.74) is 1.84. The second-order valence-electron chi connectivity index (χ2n) is 4.76. The minimum Gasteiger partial charge on any atom is -0.455 e. The minimum absolute atomic E-state index is 0.162. The summed E-state index contributed by atoms with van der Waals surface area (Å²) in [4.78, 5) is 4.25. The van der Waals surface area contributed by atoms with Gasteiger partial charge in [0.1, 0.15) is 17.0 Å². The van der Waals surface area contributed by atoms with Gasteiger partial charge in [-0.2, -0.15) is 0 Å². The SMILES string of the molecule is [2H]c1c(F)ccc2c1oc1c(-c3cc(C([2H])([2H])[2H])ccn3)cccc12. The Hall–Kier alpha value is -2.68. The number of halogens is 1. The lowest BCUT2D eigenvalue weighted by molar-refractivity contribution is 0.618. The molecule has 2 aromatic carbocycles. The van der Waals surface area contributed by atoms with E-state index in [1.54, 1.807) is 18.2 Å². The van der Waals surface area contributed by atoms with Crippen LogP contribution in [0.1, 0.15) is 11.0 Å². The maximum atomic E-state index is 13.7. The number of hydrogen-bond acceptors (Lipinski definition) is 2. The highest BCUT2D eigenvalue weighted by atomic mass is 19.1. The summed E-state index contributed by atoms with van der Waals surface area (Å²) < 4.78 is 49.9. The van der Waals surface area contributed by atoms with E-state index in [0.717, 1.165) is 5.39 Å². The van der Waals surface area contributed by atoms with Gasteiger partial charge in [0.15, 0.2) is 0 Å². The summed E-state index contributed by atoms with van der Waals surface area (Å²) in [6.07, 6.45) is 1.44. The average molecular weight is 281 g/mol. The Bertz CT molecular complexity index is 1120. The average Bonchev–Trinajstić information content (AvgIpc) is 2.97. The number of benzene rings is 2. The maximum Gasteiger partial charge on any atom is 0.144 e. The molecule has 0 aliphatic rings. The molecule has 0 bridgehead atoms. The van der Waals surface area contributed by atoms with E-state index in [1.807, 2.05) is 6.07 Å². The van der Waals surface area contributed by atoms with E-state index in [-0.39, 0.29) is 17.2 Å². The molecule has 4 aromatic rings. The molecule has 0 aliphatic heterocycles. The zero-order valence-electron chi connectivity index (χ0n) is 14.9. The van der Waals surface area contributed by atoms with Crippen LogP contribution in [0.15, 0.2) is 59.1 Å². The molecular formula is C18H12FNO. The molecule has 0 N–H and O–H groups in total. The Morgan fingerprint density at radius 1 is 1.19 bits per heavy atom. The third kappa shape index (κ3) is 1.89. The molecule has 4 rings (SSSR count). The van der Waals surface area contributed by atoms with E-state index in [0.29, 0.717) is 22.2 Å². The molecule has 2 aromatic heterocycles. The van der Waals surface area contributed by atoms with Crippen molar-refractivity contribution in [3.63, 3.8) is 0 Å². The van der Waals surface area contributed by atoms with Gasteiger partial charge >= 0.3 is 0 Å². The highest BCUT2D eigenvalue weighted by Gasteiger charge is 2.13. The van der Waals surface area contributed by atoms with E-state index in [4.69, 9.17) is 9.90 Å². The van der Waals surface area contributed by atoms with Crippen LogP contribution in [0.25, 0.3) is 33.2 Å². The molecule has 0 unspecified atom stereocenters. The zero-order valence-corrected chi connectivity index (χ0v) is 10.9. The molecule has 3 heteroatoms. The number of para-hydroxylation sites is 1. The second-order valence-corrected chi connectivity index (χ2v) is 4.76. The van der Waals surface area contributed by atoms with E-state index in [1.165, 1.54) is 24.4 Å². The lowest BCUT2D eigenvalue weighted by Crippen LogP contribution is -1.84. The van der Waals surface area contributed by atoms with Gasteiger partial charge in [-0.3, -0.25) is 4.98 Å². The van der Waals surface area contributed by atoms with Gasteiger partial charge in [0.2, 0.25) is 0 Å². The zero-order chi connectivity index (χ0) is 17.8. The van der Waals surface area contributed by atoms with Gasteiger partial charge in [0.25, 0.3) is 0 Å². The van der Waals surface area contributed by atoms with Crippen LogP contribution in [-0.4, -0.2) is 4.98 Å². The summed E-state index contributed by atoms with van der Waals surface area (Å²) in [6, 6.07) is 10.8. The normalized spacial score (nSPS) is 14.7. The third-order valence-corrected chi connectivity index (χ3v) is 3.42. The molecule has 21 heavy (non-hydrogen) atoms. The fourth-order valence-corrected chi connectivity index (χ4v) is 2.48. The van der Waals surface area contributed by atoms with E-state index >= 15 is 0 Å². The molecule has 0 saturated heterocycles. The maximum absolute atomic E-state index is 13.7. The van der Waals surface area contributed by atoms with Gasteiger partial charge in [-0.1, -0.05) is 12.1 Å². The lowest BCUT2D eigenvalue weighted by atomic mass is 10.1. The number of rotatable bonds is 1. The quantitative estimate of drug-likeness (QED) is 0.485. The number of furan rings is 1. The van der Waals surface area contributed by atoms with Crippen LogP contribution < -0.4 is 0 Å². The number of aromatic nitrogens is 1. The first-order valence-electron chi connectivity index (χ1n) is 8.43. The molecule has 0 radical (unpaired) electrons. The number of pyridine rings is 1. The Balaban J connectivity index is 2.02. The monoisotopic (exact) mass is 281 g/mol. The van der Waals surface area contributed by atoms with Crippen molar-refractivity contribution in [3.05, 3.63) is 66.1 Å². The Labute approximate surface area is 126 Å².